The first kappa shape index (κ1) is 11.1. The molecular formula is C13H16BrNS. The fourth-order valence-electron chi connectivity index (χ4n) is 2.35. The Morgan fingerprint density at radius 1 is 1.44 bits per heavy atom. The monoisotopic (exact) mass is 297 g/mol. The van der Waals surface area contributed by atoms with Crippen LogP contribution in [-0.2, 0) is 0 Å². The van der Waals surface area contributed by atoms with E-state index in [0.29, 0.717) is 6.04 Å². The molecule has 0 radical (unpaired) electrons. The van der Waals surface area contributed by atoms with Crippen LogP contribution in [0.5, 0.6) is 0 Å². The molecule has 86 valence electrons. The summed E-state index contributed by atoms with van der Waals surface area (Å²) in [5.41, 5.74) is 1.49. The van der Waals surface area contributed by atoms with Crippen LogP contribution >= 0.6 is 27.7 Å². The lowest BCUT2D eigenvalue weighted by atomic mass is 10.0. The van der Waals surface area contributed by atoms with Crippen LogP contribution in [0.2, 0.25) is 0 Å². The van der Waals surface area contributed by atoms with E-state index in [1.165, 1.54) is 33.5 Å². The number of hydrogen-bond donors (Lipinski definition) is 1. The zero-order valence-electron chi connectivity index (χ0n) is 9.37. The van der Waals surface area contributed by atoms with Crippen LogP contribution in [0, 0.1) is 5.92 Å². The van der Waals surface area contributed by atoms with Crippen molar-refractivity contribution in [3.63, 3.8) is 0 Å². The second-order valence-electron chi connectivity index (χ2n) is 4.86. The molecule has 0 spiro atoms. The van der Waals surface area contributed by atoms with Crippen LogP contribution < -0.4 is 5.32 Å². The number of benzene rings is 1. The number of thioether (sulfide) groups is 1. The van der Waals surface area contributed by atoms with Gasteiger partial charge in [-0.2, -0.15) is 0 Å². The van der Waals surface area contributed by atoms with Gasteiger partial charge in [-0.3, -0.25) is 0 Å². The van der Waals surface area contributed by atoms with Gasteiger partial charge in [-0.15, -0.1) is 11.8 Å². The zero-order chi connectivity index (χ0) is 11.1. The van der Waals surface area contributed by atoms with Crippen molar-refractivity contribution in [2.24, 2.45) is 5.92 Å². The first-order valence-electron chi connectivity index (χ1n) is 5.92. The molecule has 1 nitrogen and oxygen atoms in total. The number of rotatable bonds is 2. The minimum Gasteiger partial charge on any atom is -0.307 e. The molecule has 1 aliphatic heterocycles. The summed E-state index contributed by atoms with van der Waals surface area (Å²) < 4.78 is 1.20. The molecule has 3 heteroatoms. The van der Waals surface area contributed by atoms with E-state index >= 15 is 0 Å². The molecule has 0 aromatic heterocycles. The van der Waals surface area contributed by atoms with Crippen molar-refractivity contribution in [3.05, 3.63) is 28.2 Å². The Morgan fingerprint density at radius 2 is 2.25 bits per heavy atom. The van der Waals surface area contributed by atoms with Crippen molar-refractivity contribution >= 4 is 27.7 Å². The highest BCUT2D eigenvalue weighted by Crippen LogP contribution is 2.40. The minimum absolute atomic E-state index is 0.573. The summed E-state index contributed by atoms with van der Waals surface area (Å²) in [5, 5.41) is 3.79. The van der Waals surface area contributed by atoms with Gasteiger partial charge in [0.15, 0.2) is 0 Å². The molecule has 0 bridgehead atoms. The van der Waals surface area contributed by atoms with E-state index in [4.69, 9.17) is 0 Å². The maximum absolute atomic E-state index is 3.79. The molecule has 1 fully saturated rings. The van der Waals surface area contributed by atoms with Crippen LogP contribution in [0.1, 0.15) is 31.4 Å². The molecule has 2 aliphatic rings. The number of hydrogen-bond acceptors (Lipinski definition) is 2. The normalized spacial score (nSPS) is 32.2. The first-order valence-corrected chi connectivity index (χ1v) is 7.70. The van der Waals surface area contributed by atoms with Crippen LogP contribution in [0.4, 0.5) is 0 Å². The zero-order valence-corrected chi connectivity index (χ0v) is 11.8. The molecular weight excluding hydrogens is 282 g/mol. The lowest BCUT2D eigenvalue weighted by molar-refractivity contribution is 0.494. The van der Waals surface area contributed by atoms with Gasteiger partial charge in [-0.1, -0.05) is 22.9 Å². The summed E-state index contributed by atoms with van der Waals surface area (Å²) in [7, 11) is 0. The third-order valence-corrected chi connectivity index (χ3v) is 5.15. The second kappa shape index (κ2) is 4.35. The standard InChI is InChI=1S/C13H16BrNS/c1-8-6-12(8)15-11-4-5-16-13-3-2-9(14)7-10(11)13/h2-3,7-8,11-12,15H,4-6H2,1H3. The Balaban J connectivity index is 1.83. The van der Waals surface area contributed by atoms with Crippen LogP contribution in [0.15, 0.2) is 27.6 Å². The van der Waals surface area contributed by atoms with E-state index in [1.807, 2.05) is 11.8 Å². The molecule has 0 amide bonds. The highest BCUT2D eigenvalue weighted by atomic mass is 79.9. The highest BCUT2D eigenvalue weighted by molar-refractivity contribution is 9.10. The van der Waals surface area contributed by atoms with Gasteiger partial charge in [-0.05, 0) is 48.3 Å². The van der Waals surface area contributed by atoms with Crippen molar-refractivity contribution in [1.82, 2.24) is 5.32 Å². The van der Waals surface area contributed by atoms with Gasteiger partial charge in [0.1, 0.15) is 0 Å². The number of nitrogens with one attached hydrogen (secondary N) is 1. The fraction of sp³-hybridized carbons (Fsp3) is 0.538. The molecule has 3 unspecified atom stereocenters. The van der Waals surface area contributed by atoms with E-state index in [1.54, 1.807) is 0 Å². The van der Waals surface area contributed by atoms with Gasteiger partial charge >= 0.3 is 0 Å². The van der Waals surface area contributed by atoms with Gasteiger partial charge in [0.25, 0.3) is 0 Å². The summed E-state index contributed by atoms with van der Waals surface area (Å²) in [5.74, 6) is 2.12. The Labute approximate surface area is 110 Å². The summed E-state index contributed by atoms with van der Waals surface area (Å²) in [6.07, 6.45) is 2.62. The SMILES string of the molecule is CC1CC1NC1CCSc2ccc(Br)cc21. The highest BCUT2D eigenvalue weighted by Gasteiger charge is 2.35. The van der Waals surface area contributed by atoms with Gasteiger partial charge < -0.3 is 5.32 Å². The topological polar surface area (TPSA) is 12.0 Å². The molecule has 3 rings (SSSR count). The average molecular weight is 298 g/mol. The summed E-state index contributed by atoms with van der Waals surface area (Å²) in [6.45, 7) is 2.33. The largest absolute Gasteiger partial charge is 0.307 e. The van der Waals surface area contributed by atoms with E-state index < -0.39 is 0 Å². The Morgan fingerprint density at radius 3 is 3.00 bits per heavy atom. The van der Waals surface area contributed by atoms with Crippen LogP contribution in [0.3, 0.4) is 0 Å². The molecule has 1 N–H and O–H groups in total. The predicted octanol–water partition coefficient (Wildman–Crippen LogP) is 3.98. The molecule has 0 saturated heterocycles. The summed E-state index contributed by atoms with van der Waals surface area (Å²) in [4.78, 5) is 1.46. The molecule has 1 aromatic carbocycles. The quantitative estimate of drug-likeness (QED) is 0.886. The maximum Gasteiger partial charge on any atom is 0.0342 e. The lowest BCUT2D eigenvalue weighted by Gasteiger charge is -2.26. The molecule has 1 saturated carbocycles. The van der Waals surface area contributed by atoms with Crippen molar-refractivity contribution in [2.45, 2.75) is 36.7 Å². The van der Waals surface area contributed by atoms with E-state index in [2.05, 4.69) is 46.4 Å². The van der Waals surface area contributed by atoms with Crippen molar-refractivity contribution in [1.29, 1.82) is 0 Å². The Hall–Kier alpha value is 0.01000. The second-order valence-corrected chi connectivity index (χ2v) is 6.91. The maximum atomic E-state index is 3.79. The number of halogens is 1. The van der Waals surface area contributed by atoms with Crippen molar-refractivity contribution in [2.75, 3.05) is 5.75 Å². The van der Waals surface area contributed by atoms with Crippen LogP contribution in [0.25, 0.3) is 0 Å². The predicted molar refractivity (Wildman–Crippen MR) is 72.9 cm³/mol. The lowest BCUT2D eigenvalue weighted by Crippen LogP contribution is -2.27. The fourth-order valence-corrected chi connectivity index (χ4v) is 3.84. The van der Waals surface area contributed by atoms with E-state index in [-0.39, 0.29) is 0 Å². The van der Waals surface area contributed by atoms with Gasteiger partial charge in [0.05, 0.1) is 0 Å². The average Bonchev–Trinajstić information content (AvgIpc) is 2.95. The Bertz CT molecular complexity index is 407. The molecule has 1 heterocycles. The number of fused-ring (bicyclic) bond motifs is 1. The molecule has 1 aliphatic carbocycles. The summed E-state index contributed by atoms with van der Waals surface area (Å²) >= 11 is 5.56. The third-order valence-electron chi connectivity index (χ3n) is 3.54. The van der Waals surface area contributed by atoms with E-state index in [9.17, 15) is 0 Å². The van der Waals surface area contributed by atoms with Crippen molar-refractivity contribution < 1.29 is 0 Å². The smallest absolute Gasteiger partial charge is 0.0342 e. The molecule has 3 atom stereocenters. The minimum atomic E-state index is 0.573. The Kier molecular flexibility index (Phi) is 3.03. The summed E-state index contributed by atoms with van der Waals surface area (Å²) in [6, 6.07) is 8.01. The van der Waals surface area contributed by atoms with Gasteiger partial charge in [-0.25, -0.2) is 0 Å². The first-order chi connectivity index (χ1) is 7.74. The third kappa shape index (κ3) is 2.18. The van der Waals surface area contributed by atoms with E-state index in [0.717, 1.165) is 12.0 Å². The molecule has 16 heavy (non-hydrogen) atoms. The van der Waals surface area contributed by atoms with Gasteiger partial charge in [0.2, 0.25) is 0 Å². The van der Waals surface area contributed by atoms with Crippen LogP contribution in [-0.4, -0.2) is 11.8 Å². The van der Waals surface area contributed by atoms with Crippen molar-refractivity contribution in [3.8, 4) is 0 Å². The molecule has 1 aromatic rings. The van der Waals surface area contributed by atoms with Gasteiger partial charge in [0, 0.05) is 21.5 Å².